The monoisotopic (exact) mass is 376 g/mol. The van der Waals surface area contributed by atoms with Gasteiger partial charge >= 0.3 is 0 Å². The quantitative estimate of drug-likeness (QED) is 0.503. The van der Waals surface area contributed by atoms with Crippen molar-refractivity contribution in [3.63, 3.8) is 0 Å². The minimum Gasteiger partial charge on any atom is -0.365 e. The van der Waals surface area contributed by atoms with Gasteiger partial charge in [0.25, 0.3) is 0 Å². The predicted molar refractivity (Wildman–Crippen MR) is 112 cm³/mol. The van der Waals surface area contributed by atoms with E-state index in [1.165, 1.54) is 11.1 Å². The van der Waals surface area contributed by atoms with E-state index in [1.807, 2.05) is 24.3 Å². The Bertz CT molecular complexity index is 1130. The molecule has 1 N–H and O–H groups in total. The third-order valence-electron chi connectivity index (χ3n) is 4.90. The van der Waals surface area contributed by atoms with Gasteiger partial charge in [-0.2, -0.15) is 0 Å². The Hall–Kier alpha value is -2.85. The Labute approximate surface area is 163 Å². The van der Waals surface area contributed by atoms with Gasteiger partial charge in [0.2, 0.25) is 0 Å². The molecule has 0 unspecified atom stereocenters. The summed E-state index contributed by atoms with van der Waals surface area (Å²) in [5, 5.41) is 5.24. The van der Waals surface area contributed by atoms with Gasteiger partial charge in [0.15, 0.2) is 5.65 Å². The van der Waals surface area contributed by atoms with Gasteiger partial charge in [-0.05, 0) is 50.1 Å². The van der Waals surface area contributed by atoms with Gasteiger partial charge < -0.3 is 5.32 Å². The number of rotatable bonds is 4. The van der Waals surface area contributed by atoms with Crippen molar-refractivity contribution in [2.75, 3.05) is 5.32 Å². The summed E-state index contributed by atoms with van der Waals surface area (Å²) in [6.07, 6.45) is 1.61. The van der Waals surface area contributed by atoms with Crippen molar-refractivity contribution in [3.05, 3.63) is 82.3 Å². The molecule has 4 rings (SSSR count). The minimum atomic E-state index is 0.707. The topological polar surface area (TPSA) is 42.7 Å². The molecule has 0 radical (unpaired) electrons. The van der Waals surface area contributed by atoms with Crippen molar-refractivity contribution in [2.24, 2.45) is 0 Å². The first-order chi connectivity index (χ1) is 13.0. The van der Waals surface area contributed by atoms with Crippen molar-refractivity contribution in [3.8, 4) is 5.69 Å². The van der Waals surface area contributed by atoms with Gasteiger partial charge in [0.1, 0.15) is 12.1 Å². The molecular weight excluding hydrogens is 356 g/mol. The number of nitrogens with zero attached hydrogens (tertiary/aromatic N) is 3. The number of fused-ring (bicyclic) bond motifs is 1. The van der Waals surface area contributed by atoms with E-state index in [0.29, 0.717) is 11.6 Å². The number of benzene rings is 2. The highest BCUT2D eigenvalue weighted by atomic mass is 35.5. The Morgan fingerprint density at radius 1 is 1.00 bits per heavy atom. The average Bonchev–Trinajstić information content (AvgIpc) is 2.91. The molecule has 27 heavy (non-hydrogen) atoms. The number of hydrogen-bond donors (Lipinski definition) is 1. The van der Waals surface area contributed by atoms with Gasteiger partial charge in [-0.25, -0.2) is 9.97 Å². The number of aromatic nitrogens is 3. The smallest absolute Gasteiger partial charge is 0.150 e. The molecule has 0 aliphatic heterocycles. The summed E-state index contributed by atoms with van der Waals surface area (Å²) < 4.78 is 2.13. The van der Waals surface area contributed by atoms with E-state index < -0.39 is 0 Å². The maximum Gasteiger partial charge on any atom is 0.150 e. The summed E-state index contributed by atoms with van der Waals surface area (Å²) in [4.78, 5) is 9.08. The Balaban J connectivity index is 1.79. The van der Waals surface area contributed by atoms with Crippen LogP contribution in [-0.2, 0) is 6.54 Å². The molecule has 2 aromatic heterocycles. The molecule has 0 fully saturated rings. The molecule has 0 aliphatic rings. The minimum absolute atomic E-state index is 0.707. The zero-order valence-corrected chi connectivity index (χ0v) is 16.4. The molecule has 4 nitrogen and oxygen atoms in total. The highest BCUT2D eigenvalue weighted by Crippen LogP contribution is 2.32. The largest absolute Gasteiger partial charge is 0.365 e. The van der Waals surface area contributed by atoms with Gasteiger partial charge in [-0.3, -0.25) is 4.57 Å². The van der Waals surface area contributed by atoms with Crippen LogP contribution in [0, 0.1) is 20.8 Å². The molecule has 2 aromatic carbocycles. The molecule has 0 saturated carbocycles. The Morgan fingerprint density at radius 3 is 2.59 bits per heavy atom. The fourth-order valence-corrected chi connectivity index (χ4v) is 3.66. The lowest BCUT2D eigenvalue weighted by molar-refractivity contribution is 1.01. The maximum absolute atomic E-state index is 6.21. The van der Waals surface area contributed by atoms with Crippen LogP contribution in [0.5, 0.6) is 0 Å². The number of halogens is 1. The molecule has 136 valence electrons. The fourth-order valence-electron chi connectivity index (χ4n) is 3.47. The molecule has 0 amide bonds. The van der Waals surface area contributed by atoms with E-state index in [4.69, 9.17) is 11.6 Å². The lowest BCUT2D eigenvalue weighted by Gasteiger charge is -2.09. The molecule has 0 atom stereocenters. The van der Waals surface area contributed by atoms with E-state index >= 15 is 0 Å². The molecular formula is C22H21ClN4. The van der Waals surface area contributed by atoms with Gasteiger partial charge in [-0.15, -0.1) is 0 Å². The number of anilines is 1. The fraction of sp³-hybridized carbons (Fsp3) is 0.182. The van der Waals surface area contributed by atoms with Crippen LogP contribution in [-0.4, -0.2) is 14.5 Å². The summed E-state index contributed by atoms with van der Waals surface area (Å²) in [7, 11) is 0. The second-order valence-corrected chi connectivity index (χ2v) is 7.23. The van der Waals surface area contributed by atoms with Crippen LogP contribution in [0.3, 0.4) is 0 Å². The van der Waals surface area contributed by atoms with Crippen LogP contribution in [0.15, 0.2) is 54.9 Å². The first-order valence-corrected chi connectivity index (χ1v) is 9.30. The van der Waals surface area contributed by atoms with Crippen LogP contribution in [0.4, 0.5) is 5.82 Å². The SMILES string of the molecule is Cc1cccc(CNc2ncnc3c2c(C)c(C)n3-c2cccc(Cl)c2)c1. The lowest BCUT2D eigenvalue weighted by Crippen LogP contribution is -2.03. The van der Waals surface area contributed by atoms with E-state index in [0.717, 1.165) is 33.8 Å². The molecule has 0 saturated heterocycles. The summed E-state index contributed by atoms with van der Waals surface area (Å²) in [5.74, 6) is 0.850. The number of aryl methyl sites for hydroxylation is 2. The van der Waals surface area contributed by atoms with Crippen LogP contribution >= 0.6 is 11.6 Å². The van der Waals surface area contributed by atoms with E-state index in [2.05, 4.69) is 64.9 Å². The average molecular weight is 377 g/mol. The van der Waals surface area contributed by atoms with E-state index in [-0.39, 0.29) is 0 Å². The second kappa shape index (κ2) is 7.05. The lowest BCUT2D eigenvalue weighted by atomic mass is 10.1. The number of nitrogens with one attached hydrogen (secondary N) is 1. The molecule has 0 bridgehead atoms. The standard InChI is InChI=1S/C22H21ClN4/c1-14-6-4-7-17(10-14)12-24-21-20-15(2)16(3)27(22(20)26-13-25-21)19-9-5-8-18(23)11-19/h4-11,13H,12H2,1-3H3,(H,24,25,26). The third kappa shape index (κ3) is 3.28. The molecule has 4 aromatic rings. The van der Waals surface area contributed by atoms with Crippen LogP contribution in [0.1, 0.15) is 22.4 Å². The van der Waals surface area contributed by atoms with Crippen molar-refractivity contribution < 1.29 is 0 Å². The van der Waals surface area contributed by atoms with Crippen molar-refractivity contribution in [1.29, 1.82) is 0 Å². The Morgan fingerprint density at radius 2 is 1.81 bits per heavy atom. The molecule has 0 aliphatic carbocycles. The van der Waals surface area contributed by atoms with E-state index in [1.54, 1.807) is 6.33 Å². The molecule has 2 heterocycles. The van der Waals surface area contributed by atoms with Gasteiger partial charge in [0, 0.05) is 22.9 Å². The van der Waals surface area contributed by atoms with E-state index in [9.17, 15) is 0 Å². The predicted octanol–water partition coefficient (Wildman–Crippen LogP) is 5.61. The summed E-state index contributed by atoms with van der Waals surface area (Å²) in [6, 6.07) is 16.3. The van der Waals surface area contributed by atoms with Crippen molar-refractivity contribution in [1.82, 2.24) is 14.5 Å². The second-order valence-electron chi connectivity index (χ2n) is 6.79. The highest BCUT2D eigenvalue weighted by molar-refractivity contribution is 6.30. The zero-order valence-electron chi connectivity index (χ0n) is 15.6. The van der Waals surface area contributed by atoms with Crippen molar-refractivity contribution >= 4 is 28.5 Å². The first-order valence-electron chi connectivity index (χ1n) is 8.92. The summed E-state index contributed by atoms with van der Waals surface area (Å²) in [5.41, 5.74) is 6.66. The van der Waals surface area contributed by atoms with Gasteiger partial charge in [0.05, 0.1) is 5.39 Å². The summed E-state index contributed by atoms with van der Waals surface area (Å²) >= 11 is 6.21. The Kier molecular flexibility index (Phi) is 4.58. The van der Waals surface area contributed by atoms with Crippen molar-refractivity contribution in [2.45, 2.75) is 27.3 Å². The number of hydrogen-bond acceptors (Lipinski definition) is 3. The van der Waals surface area contributed by atoms with Crippen LogP contribution in [0.25, 0.3) is 16.7 Å². The highest BCUT2D eigenvalue weighted by Gasteiger charge is 2.17. The van der Waals surface area contributed by atoms with Crippen LogP contribution < -0.4 is 5.32 Å². The third-order valence-corrected chi connectivity index (χ3v) is 5.14. The zero-order chi connectivity index (χ0) is 19.0. The molecule has 5 heteroatoms. The first kappa shape index (κ1) is 17.6. The van der Waals surface area contributed by atoms with Gasteiger partial charge in [-0.1, -0.05) is 47.5 Å². The van der Waals surface area contributed by atoms with Crippen LogP contribution in [0.2, 0.25) is 5.02 Å². The normalized spacial score (nSPS) is 11.1. The molecule has 0 spiro atoms. The maximum atomic E-state index is 6.21. The summed E-state index contributed by atoms with van der Waals surface area (Å²) in [6.45, 7) is 7.03.